The molecule has 2 N–H and O–H groups in total. The molecule has 1 unspecified atom stereocenters. The van der Waals surface area contributed by atoms with Crippen molar-refractivity contribution in [1.29, 1.82) is 0 Å². The molecule has 0 radical (unpaired) electrons. The van der Waals surface area contributed by atoms with Crippen LogP contribution in [0.2, 0.25) is 0 Å². The summed E-state index contributed by atoms with van der Waals surface area (Å²) < 4.78 is 0. The lowest BCUT2D eigenvalue weighted by molar-refractivity contribution is 0.0860. The van der Waals surface area contributed by atoms with Crippen LogP contribution < -0.4 is 0 Å². The zero-order valence-corrected chi connectivity index (χ0v) is 13.5. The van der Waals surface area contributed by atoms with Gasteiger partial charge in [-0.25, -0.2) is 0 Å². The highest BCUT2D eigenvalue weighted by Crippen LogP contribution is 2.09. The van der Waals surface area contributed by atoms with Gasteiger partial charge in [0, 0.05) is 0 Å². The normalized spacial score (nSPS) is 13.2. The summed E-state index contributed by atoms with van der Waals surface area (Å²) >= 11 is 0. The third-order valence-electron chi connectivity index (χ3n) is 3.76. The van der Waals surface area contributed by atoms with Crippen molar-refractivity contribution in [3.8, 4) is 0 Å². The van der Waals surface area contributed by atoms with E-state index in [9.17, 15) is 5.11 Å². The van der Waals surface area contributed by atoms with Crippen molar-refractivity contribution >= 4 is 0 Å². The van der Waals surface area contributed by atoms with Crippen LogP contribution >= 0.6 is 0 Å². The van der Waals surface area contributed by atoms with Gasteiger partial charge >= 0.3 is 0 Å². The van der Waals surface area contributed by atoms with E-state index in [0.29, 0.717) is 0 Å². The summed E-state index contributed by atoms with van der Waals surface area (Å²) in [6.45, 7) is 2.17. The summed E-state index contributed by atoms with van der Waals surface area (Å²) in [6.07, 6.45) is 20.3. The monoisotopic (exact) mass is 284 g/mol. The van der Waals surface area contributed by atoms with Crippen LogP contribution in [-0.2, 0) is 0 Å². The van der Waals surface area contributed by atoms with Crippen molar-refractivity contribution in [3.05, 3.63) is 12.2 Å². The first-order valence-corrected chi connectivity index (χ1v) is 8.75. The van der Waals surface area contributed by atoms with Gasteiger partial charge in [0.2, 0.25) is 0 Å². The first-order valence-electron chi connectivity index (χ1n) is 8.75. The number of unbranched alkanes of at least 4 members (excludes halogenated alkanes) is 10. The Balaban J connectivity index is 3.09. The molecule has 120 valence electrons. The second-order valence-corrected chi connectivity index (χ2v) is 5.86. The van der Waals surface area contributed by atoms with Gasteiger partial charge in [0.1, 0.15) is 0 Å². The molecule has 0 aliphatic rings. The molecule has 0 bridgehead atoms. The smallest absolute Gasteiger partial charge is 0.0770 e. The van der Waals surface area contributed by atoms with Gasteiger partial charge in [-0.2, -0.15) is 0 Å². The number of rotatable bonds is 15. The summed E-state index contributed by atoms with van der Waals surface area (Å²) in [4.78, 5) is 0. The van der Waals surface area contributed by atoms with E-state index in [1.165, 1.54) is 70.6 Å². The average Bonchev–Trinajstić information content (AvgIpc) is 2.47. The van der Waals surface area contributed by atoms with Gasteiger partial charge in [0.25, 0.3) is 0 Å². The largest absolute Gasteiger partial charge is 0.394 e. The van der Waals surface area contributed by atoms with Crippen LogP contribution in [0.3, 0.4) is 0 Å². The molecular weight excluding hydrogens is 248 g/mol. The molecular formula is C18H36O2. The Hall–Kier alpha value is -0.340. The van der Waals surface area contributed by atoms with Gasteiger partial charge in [-0.05, 0) is 32.1 Å². The molecule has 0 aromatic carbocycles. The molecule has 0 aromatic heterocycles. The van der Waals surface area contributed by atoms with Crippen LogP contribution in [-0.4, -0.2) is 22.9 Å². The number of hydrogen-bond donors (Lipinski definition) is 2. The van der Waals surface area contributed by atoms with E-state index in [0.717, 1.165) is 12.8 Å². The van der Waals surface area contributed by atoms with Crippen LogP contribution in [0, 0.1) is 0 Å². The lowest BCUT2D eigenvalue weighted by Crippen LogP contribution is -2.10. The van der Waals surface area contributed by atoms with Crippen LogP contribution in [0.1, 0.15) is 90.4 Å². The standard InChI is InChI=1S/C18H36O2/c1-2-3-4-5-6-7-8-9-10-11-12-13-14-15-16-18(20)17-19/h9-10,18-20H,2-8,11-17H2,1H3. The van der Waals surface area contributed by atoms with Crippen LogP contribution in [0.5, 0.6) is 0 Å². The molecule has 0 saturated carbocycles. The lowest BCUT2D eigenvalue weighted by Gasteiger charge is -2.05. The van der Waals surface area contributed by atoms with Crippen molar-refractivity contribution in [2.75, 3.05) is 6.61 Å². The number of allylic oxidation sites excluding steroid dienone is 2. The van der Waals surface area contributed by atoms with Gasteiger partial charge in [0.05, 0.1) is 12.7 Å². The molecule has 0 spiro atoms. The topological polar surface area (TPSA) is 40.5 Å². The SMILES string of the molecule is CCCCCCCCC=CCCCCCCC(O)CO. The number of aliphatic hydroxyl groups excluding tert-OH is 2. The highest BCUT2D eigenvalue weighted by atomic mass is 16.3. The Labute approximate surface area is 126 Å². The highest BCUT2D eigenvalue weighted by molar-refractivity contribution is 4.81. The van der Waals surface area contributed by atoms with E-state index < -0.39 is 6.10 Å². The molecule has 0 rings (SSSR count). The highest BCUT2D eigenvalue weighted by Gasteiger charge is 2.00. The maximum absolute atomic E-state index is 9.19. The third-order valence-corrected chi connectivity index (χ3v) is 3.76. The van der Waals surface area contributed by atoms with Crippen molar-refractivity contribution in [3.63, 3.8) is 0 Å². The molecule has 1 atom stereocenters. The molecule has 0 aromatic rings. The summed E-state index contributed by atoms with van der Waals surface area (Å²) in [7, 11) is 0. The van der Waals surface area contributed by atoms with E-state index in [-0.39, 0.29) is 6.61 Å². The Bertz CT molecular complexity index is 202. The Kier molecular flexibility index (Phi) is 16.4. The fourth-order valence-corrected chi connectivity index (χ4v) is 2.37. The second kappa shape index (κ2) is 16.7. The second-order valence-electron chi connectivity index (χ2n) is 5.86. The van der Waals surface area contributed by atoms with Crippen LogP contribution in [0.15, 0.2) is 12.2 Å². The minimum Gasteiger partial charge on any atom is -0.394 e. The quantitative estimate of drug-likeness (QED) is 0.328. The van der Waals surface area contributed by atoms with Gasteiger partial charge in [-0.15, -0.1) is 0 Å². The van der Waals surface area contributed by atoms with Crippen molar-refractivity contribution < 1.29 is 10.2 Å². The number of hydrogen-bond acceptors (Lipinski definition) is 2. The van der Waals surface area contributed by atoms with E-state index in [2.05, 4.69) is 19.1 Å². The Morgan fingerprint density at radius 3 is 1.80 bits per heavy atom. The van der Waals surface area contributed by atoms with Crippen LogP contribution in [0.25, 0.3) is 0 Å². The zero-order valence-electron chi connectivity index (χ0n) is 13.5. The third kappa shape index (κ3) is 15.7. The summed E-state index contributed by atoms with van der Waals surface area (Å²) in [6, 6.07) is 0. The van der Waals surface area contributed by atoms with Gasteiger partial charge < -0.3 is 10.2 Å². The predicted octanol–water partition coefficient (Wildman–Crippen LogP) is 4.99. The zero-order chi connectivity index (χ0) is 14.9. The van der Waals surface area contributed by atoms with Gasteiger partial charge in [-0.1, -0.05) is 70.4 Å². The van der Waals surface area contributed by atoms with Crippen molar-refractivity contribution in [2.24, 2.45) is 0 Å². The fourth-order valence-electron chi connectivity index (χ4n) is 2.37. The maximum Gasteiger partial charge on any atom is 0.0770 e. The predicted molar refractivity (Wildman–Crippen MR) is 87.9 cm³/mol. The van der Waals surface area contributed by atoms with Gasteiger partial charge in [0.15, 0.2) is 0 Å². The van der Waals surface area contributed by atoms with Crippen LogP contribution in [0.4, 0.5) is 0 Å². The first kappa shape index (κ1) is 19.7. The average molecular weight is 284 g/mol. The summed E-state index contributed by atoms with van der Waals surface area (Å²) in [5, 5.41) is 17.9. The molecule has 0 aliphatic heterocycles. The fraction of sp³-hybridized carbons (Fsp3) is 0.889. The molecule has 20 heavy (non-hydrogen) atoms. The summed E-state index contributed by atoms with van der Waals surface area (Å²) in [5.74, 6) is 0. The summed E-state index contributed by atoms with van der Waals surface area (Å²) in [5.41, 5.74) is 0. The molecule has 0 aliphatic carbocycles. The number of aliphatic hydroxyl groups is 2. The van der Waals surface area contributed by atoms with Crippen molar-refractivity contribution in [2.45, 2.75) is 96.5 Å². The van der Waals surface area contributed by atoms with E-state index in [1.807, 2.05) is 0 Å². The minimum absolute atomic E-state index is 0.0960. The Morgan fingerprint density at radius 2 is 1.25 bits per heavy atom. The first-order chi connectivity index (χ1) is 9.81. The molecule has 2 heteroatoms. The molecule has 0 heterocycles. The van der Waals surface area contributed by atoms with E-state index in [1.54, 1.807) is 0 Å². The molecule has 2 nitrogen and oxygen atoms in total. The van der Waals surface area contributed by atoms with Crippen molar-refractivity contribution in [1.82, 2.24) is 0 Å². The maximum atomic E-state index is 9.19. The lowest BCUT2D eigenvalue weighted by atomic mass is 10.1. The molecule has 0 fully saturated rings. The molecule has 0 saturated heterocycles. The molecule has 0 amide bonds. The minimum atomic E-state index is -0.507. The van der Waals surface area contributed by atoms with E-state index in [4.69, 9.17) is 5.11 Å². The van der Waals surface area contributed by atoms with Gasteiger partial charge in [-0.3, -0.25) is 0 Å². The Morgan fingerprint density at radius 1 is 0.750 bits per heavy atom. The van der Waals surface area contributed by atoms with E-state index >= 15 is 0 Å².